The molecule has 1 aromatic carbocycles. The van der Waals surface area contributed by atoms with Crippen LogP contribution < -0.4 is 5.32 Å². The highest BCUT2D eigenvalue weighted by Crippen LogP contribution is 2.22. The summed E-state index contributed by atoms with van der Waals surface area (Å²) in [5.41, 5.74) is 0.834. The van der Waals surface area contributed by atoms with Crippen LogP contribution in [-0.2, 0) is 4.79 Å². The Balaban J connectivity index is 1.92. The zero-order valence-corrected chi connectivity index (χ0v) is 12.6. The first kappa shape index (κ1) is 15.2. The van der Waals surface area contributed by atoms with Crippen LogP contribution in [0, 0.1) is 5.41 Å². The summed E-state index contributed by atoms with van der Waals surface area (Å²) in [6, 6.07) is 6.72. The predicted octanol–water partition coefficient (Wildman–Crippen LogP) is 1.83. The monoisotopic (exact) mass is 288 g/mol. The van der Waals surface area contributed by atoms with E-state index in [0.29, 0.717) is 17.7 Å². The lowest BCUT2D eigenvalue weighted by molar-refractivity contribution is -0.121. The molecule has 3 amide bonds. The van der Waals surface area contributed by atoms with Gasteiger partial charge in [0.2, 0.25) is 5.91 Å². The van der Waals surface area contributed by atoms with E-state index in [1.807, 2.05) is 20.8 Å². The van der Waals surface area contributed by atoms with Crippen molar-refractivity contribution >= 4 is 17.7 Å². The van der Waals surface area contributed by atoms with E-state index >= 15 is 0 Å². The Morgan fingerprint density at radius 3 is 2.10 bits per heavy atom. The average molecular weight is 288 g/mol. The molecule has 0 aromatic heterocycles. The van der Waals surface area contributed by atoms with Gasteiger partial charge in [-0.05, 0) is 17.5 Å². The van der Waals surface area contributed by atoms with Gasteiger partial charge in [-0.25, -0.2) is 0 Å². The first-order chi connectivity index (χ1) is 9.79. The number of imide groups is 1. The fourth-order valence-electron chi connectivity index (χ4n) is 2.11. The van der Waals surface area contributed by atoms with Gasteiger partial charge in [0, 0.05) is 19.5 Å². The Morgan fingerprint density at radius 1 is 1.10 bits per heavy atom. The minimum absolute atomic E-state index is 0.00514. The van der Waals surface area contributed by atoms with E-state index < -0.39 is 0 Å². The van der Waals surface area contributed by atoms with Gasteiger partial charge in [-0.1, -0.05) is 32.9 Å². The van der Waals surface area contributed by atoms with Gasteiger partial charge in [0.1, 0.15) is 0 Å². The highest BCUT2D eigenvalue weighted by Gasteiger charge is 2.34. The van der Waals surface area contributed by atoms with Crippen LogP contribution >= 0.6 is 0 Å². The van der Waals surface area contributed by atoms with Gasteiger partial charge in [0.05, 0.1) is 11.1 Å². The summed E-state index contributed by atoms with van der Waals surface area (Å²) >= 11 is 0. The summed E-state index contributed by atoms with van der Waals surface area (Å²) in [7, 11) is 0. The molecular weight excluding hydrogens is 268 g/mol. The van der Waals surface area contributed by atoms with E-state index in [4.69, 9.17) is 0 Å². The lowest BCUT2D eigenvalue weighted by atomic mass is 9.97. The van der Waals surface area contributed by atoms with Crippen LogP contribution in [0.5, 0.6) is 0 Å². The van der Waals surface area contributed by atoms with Crippen molar-refractivity contribution in [2.45, 2.75) is 27.2 Å². The quantitative estimate of drug-likeness (QED) is 0.860. The van der Waals surface area contributed by atoms with Gasteiger partial charge in [0.25, 0.3) is 11.8 Å². The van der Waals surface area contributed by atoms with Crippen molar-refractivity contribution in [2.75, 3.05) is 13.1 Å². The molecule has 0 atom stereocenters. The molecule has 0 spiro atoms. The summed E-state index contributed by atoms with van der Waals surface area (Å²) in [6.45, 7) is 6.75. The van der Waals surface area contributed by atoms with Gasteiger partial charge in [-0.2, -0.15) is 0 Å². The minimum atomic E-state index is -0.320. The number of hydrogen-bond acceptors (Lipinski definition) is 3. The molecule has 21 heavy (non-hydrogen) atoms. The molecule has 112 valence electrons. The van der Waals surface area contributed by atoms with E-state index in [-0.39, 0.29) is 36.1 Å². The minimum Gasteiger partial charge on any atom is -0.356 e. The van der Waals surface area contributed by atoms with Crippen molar-refractivity contribution < 1.29 is 14.4 Å². The standard InChI is InChI=1S/C16H20N2O3/c1-16(2,3)10-17-13(19)8-9-18-14(20)11-6-4-5-7-12(11)15(18)21/h4-7H,8-10H2,1-3H3,(H,17,19). The molecule has 0 fully saturated rings. The smallest absolute Gasteiger partial charge is 0.261 e. The molecule has 5 nitrogen and oxygen atoms in total. The van der Waals surface area contributed by atoms with Crippen LogP contribution in [-0.4, -0.2) is 35.7 Å². The van der Waals surface area contributed by atoms with E-state index in [2.05, 4.69) is 5.32 Å². The molecule has 0 unspecified atom stereocenters. The van der Waals surface area contributed by atoms with Gasteiger partial charge < -0.3 is 5.32 Å². The van der Waals surface area contributed by atoms with Crippen LogP contribution in [0.2, 0.25) is 0 Å². The molecule has 1 heterocycles. The summed E-state index contributed by atoms with van der Waals surface area (Å²) in [4.78, 5) is 37.1. The van der Waals surface area contributed by atoms with Crippen LogP contribution in [0.25, 0.3) is 0 Å². The number of fused-ring (bicyclic) bond motifs is 1. The molecule has 1 aliphatic rings. The molecule has 0 bridgehead atoms. The third-order valence-electron chi connectivity index (χ3n) is 3.26. The number of benzene rings is 1. The Hall–Kier alpha value is -2.17. The Kier molecular flexibility index (Phi) is 4.11. The van der Waals surface area contributed by atoms with Crippen molar-refractivity contribution in [3.05, 3.63) is 35.4 Å². The highest BCUT2D eigenvalue weighted by atomic mass is 16.2. The number of nitrogens with one attached hydrogen (secondary N) is 1. The molecule has 1 N–H and O–H groups in total. The number of rotatable bonds is 4. The molecule has 0 saturated carbocycles. The van der Waals surface area contributed by atoms with Crippen LogP contribution in [0.15, 0.2) is 24.3 Å². The SMILES string of the molecule is CC(C)(C)CNC(=O)CCN1C(=O)c2ccccc2C1=O. The average Bonchev–Trinajstić information content (AvgIpc) is 2.67. The fraction of sp³-hybridized carbons (Fsp3) is 0.438. The second-order valence-electron chi connectivity index (χ2n) is 6.39. The van der Waals surface area contributed by atoms with Crippen molar-refractivity contribution in [1.82, 2.24) is 10.2 Å². The van der Waals surface area contributed by atoms with E-state index in [1.54, 1.807) is 24.3 Å². The normalized spacial score (nSPS) is 14.3. The molecular formula is C16H20N2O3. The predicted molar refractivity (Wildman–Crippen MR) is 78.9 cm³/mol. The molecule has 2 rings (SSSR count). The van der Waals surface area contributed by atoms with Crippen LogP contribution in [0.3, 0.4) is 0 Å². The van der Waals surface area contributed by atoms with Crippen molar-refractivity contribution in [3.8, 4) is 0 Å². The summed E-state index contributed by atoms with van der Waals surface area (Å²) in [5.74, 6) is -0.792. The summed E-state index contributed by atoms with van der Waals surface area (Å²) < 4.78 is 0. The van der Waals surface area contributed by atoms with Crippen LogP contribution in [0.4, 0.5) is 0 Å². The second kappa shape index (κ2) is 5.68. The van der Waals surface area contributed by atoms with Gasteiger partial charge in [-0.15, -0.1) is 0 Å². The Labute approximate surface area is 124 Å². The Bertz CT molecular complexity index is 552. The van der Waals surface area contributed by atoms with Gasteiger partial charge in [0.15, 0.2) is 0 Å². The number of nitrogens with zero attached hydrogens (tertiary/aromatic N) is 1. The third kappa shape index (κ3) is 3.48. The molecule has 0 saturated heterocycles. The van der Waals surface area contributed by atoms with Gasteiger partial charge >= 0.3 is 0 Å². The topological polar surface area (TPSA) is 66.5 Å². The largest absolute Gasteiger partial charge is 0.356 e. The third-order valence-corrected chi connectivity index (χ3v) is 3.26. The molecule has 0 aliphatic carbocycles. The van der Waals surface area contributed by atoms with Crippen molar-refractivity contribution in [1.29, 1.82) is 0 Å². The van der Waals surface area contributed by atoms with E-state index in [0.717, 1.165) is 4.90 Å². The number of carbonyl (C=O) groups excluding carboxylic acids is 3. The number of carbonyl (C=O) groups is 3. The summed E-state index contributed by atoms with van der Waals surface area (Å²) in [6.07, 6.45) is 0.127. The molecule has 1 aliphatic heterocycles. The van der Waals surface area contributed by atoms with E-state index in [1.165, 1.54) is 0 Å². The van der Waals surface area contributed by atoms with Gasteiger partial charge in [-0.3, -0.25) is 19.3 Å². The summed E-state index contributed by atoms with van der Waals surface area (Å²) in [5, 5.41) is 2.81. The molecule has 0 radical (unpaired) electrons. The fourth-order valence-corrected chi connectivity index (χ4v) is 2.11. The van der Waals surface area contributed by atoms with E-state index in [9.17, 15) is 14.4 Å². The molecule has 5 heteroatoms. The highest BCUT2D eigenvalue weighted by molar-refractivity contribution is 6.21. The zero-order valence-electron chi connectivity index (χ0n) is 12.6. The molecule has 1 aromatic rings. The lowest BCUT2D eigenvalue weighted by Gasteiger charge is -2.19. The van der Waals surface area contributed by atoms with Crippen molar-refractivity contribution in [2.24, 2.45) is 5.41 Å². The first-order valence-corrected chi connectivity index (χ1v) is 7.01. The zero-order chi connectivity index (χ0) is 15.6. The maximum Gasteiger partial charge on any atom is 0.261 e. The second-order valence-corrected chi connectivity index (χ2v) is 6.39. The van der Waals surface area contributed by atoms with Crippen LogP contribution in [0.1, 0.15) is 47.9 Å². The maximum atomic E-state index is 12.1. The number of amides is 3. The lowest BCUT2D eigenvalue weighted by Crippen LogP contribution is -2.37. The Morgan fingerprint density at radius 2 is 1.62 bits per heavy atom. The van der Waals surface area contributed by atoms with Crippen molar-refractivity contribution in [3.63, 3.8) is 0 Å². The maximum absolute atomic E-state index is 12.1. The first-order valence-electron chi connectivity index (χ1n) is 7.01. The number of hydrogen-bond donors (Lipinski definition) is 1.